The number of aliphatic hydroxyl groups is 1. The van der Waals surface area contributed by atoms with Gasteiger partial charge in [-0.3, -0.25) is 0 Å². The summed E-state index contributed by atoms with van der Waals surface area (Å²) in [6, 6.07) is 18.4. The van der Waals surface area contributed by atoms with Gasteiger partial charge in [0.05, 0.1) is 0 Å². The van der Waals surface area contributed by atoms with E-state index in [0.29, 0.717) is 33.1 Å². The molecular formula is C21H21ClN2O. The van der Waals surface area contributed by atoms with Gasteiger partial charge in [0.1, 0.15) is 5.60 Å². The predicted octanol–water partition coefficient (Wildman–Crippen LogP) is 4.41. The van der Waals surface area contributed by atoms with Gasteiger partial charge in [0.15, 0.2) is 0 Å². The number of anilines is 2. The van der Waals surface area contributed by atoms with Crippen molar-refractivity contribution in [2.45, 2.75) is 19.4 Å². The molecule has 0 fully saturated rings. The predicted molar refractivity (Wildman–Crippen MR) is 105 cm³/mol. The van der Waals surface area contributed by atoms with Gasteiger partial charge in [-0.1, -0.05) is 54.1 Å². The Morgan fingerprint density at radius 3 is 1.72 bits per heavy atom. The first kappa shape index (κ1) is 17.3. The highest BCUT2D eigenvalue weighted by Gasteiger charge is 2.36. The number of rotatable bonds is 3. The number of halogens is 1. The lowest BCUT2D eigenvalue weighted by Crippen LogP contribution is -2.29. The van der Waals surface area contributed by atoms with E-state index in [4.69, 9.17) is 23.1 Å². The molecule has 25 heavy (non-hydrogen) atoms. The topological polar surface area (TPSA) is 72.3 Å². The third kappa shape index (κ3) is 2.97. The van der Waals surface area contributed by atoms with E-state index in [0.717, 1.165) is 11.1 Å². The second kappa shape index (κ2) is 6.43. The van der Waals surface area contributed by atoms with Crippen LogP contribution in [-0.4, -0.2) is 5.11 Å². The zero-order valence-electron chi connectivity index (χ0n) is 14.3. The van der Waals surface area contributed by atoms with Crippen LogP contribution < -0.4 is 11.5 Å². The second-order valence-electron chi connectivity index (χ2n) is 6.33. The molecule has 0 aliphatic carbocycles. The first-order chi connectivity index (χ1) is 11.8. The van der Waals surface area contributed by atoms with Crippen LogP contribution in [0.25, 0.3) is 0 Å². The average molecular weight is 353 g/mol. The molecule has 3 rings (SSSR count). The van der Waals surface area contributed by atoms with Gasteiger partial charge in [-0.15, -0.1) is 0 Å². The van der Waals surface area contributed by atoms with Crippen molar-refractivity contribution in [1.29, 1.82) is 0 Å². The van der Waals surface area contributed by atoms with E-state index in [1.807, 2.05) is 56.3 Å². The number of hydrogen-bond acceptors (Lipinski definition) is 3. The summed E-state index contributed by atoms with van der Waals surface area (Å²) in [5.41, 5.74) is 15.7. The maximum Gasteiger partial charge on any atom is 0.142 e. The number of aryl methyl sites for hydroxylation is 2. The highest BCUT2D eigenvalue weighted by molar-refractivity contribution is 6.31. The van der Waals surface area contributed by atoms with Gasteiger partial charge in [0.2, 0.25) is 0 Å². The molecule has 0 saturated carbocycles. The molecule has 0 bridgehead atoms. The van der Waals surface area contributed by atoms with Crippen LogP contribution in [0.1, 0.15) is 27.8 Å². The molecule has 5 N–H and O–H groups in total. The van der Waals surface area contributed by atoms with Crippen molar-refractivity contribution in [2.24, 2.45) is 0 Å². The van der Waals surface area contributed by atoms with E-state index in [1.165, 1.54) is 0 Å². The Morgan fingerprint density at radius 1 is 0.800 bits per heavy atom. The van der Waals surface area contributed by atoms with E-state index < -0.39 is 5.60 Å². The molecule has 0 aliphatic heterocycles. The first-order valence-electron chi connectivity index (χ1n) is 8.04. The van der Waals surface area contributed by atoms with Crippen LogP contribution in [0.2, 0.25) is 5.02 Å². The highest BCUT2D eigenvalue weighted by Crippen LogP contribution is 2.41. The zero-order chi connectivity index (χ0) is 18.2. The van der Waals surface area contributed by atoms with Crippen LogP contribution in [0, 0.1) is 13.8 Å². The van der Waals surface area contributed by atoms with Crippen molar-refractivity contribution in [2.75, 3.05) is 11.5 Å². The zero-order valence-corrected chi connectivity index (χ0v) is 15.0. The van der Waals surface area contributed by atoms with Gasteiger partial charge in [-0.2, -0.15) is 0 Å². The number of hydrogen-bond donors (Lipinski definition) is 3. The Morgan fingerprint density at radius 2 is 1.28 bits per heavy atom. The standard InChI is InChI=1S/C21H21ClN2O/c1-13-11-15(7-9-19(13)23)21(25,17-5-3-4-6-18(17)22)16-8-10-20(24)14(2)12-16/h3-12,25H,23-24H2,1-2H3. The van der Waals surface area contributed by atoms with Gasteiger partial charge in [-0.05, 0) is 54.3 Å². The molecule has 128 valence electrons. The molecule has 0 heterocycles. The fourth-order valence-electron chi connectivity index (χ4n) is 3.03. The molecule has 0 unspecified atom stereocenters. The summed E-state index contributed by atoms with van der Waals surface area (Å²) in [5, 5.41) is 12.4. The summed E-state index contributed by atoms with van der Waals surface area (Å²) in [4.78, 5) is 0. The van der Waals surface area contributed by atoms with Crippen LogP contribution >= 0.6 is 11.6 Å². The molecule has 0 atom stereocenters. The lowest BCUT2D eigenvalue weighted by atomic mass is 9.79. The third-order valence-corrected chi connectivity index (χ3v) is 4.97. The Bertz CT molecular complexity index is 885. The van der Waals surface area contributed by atoms with Gasteiger partial charge in [0.25, 0.3) is 0 Å². The Labute approximate surface area is 152 Å². The van der Waals surface area contributed by atoms with Crippen molar-refractivity contribution < 1.29 is 5.11 Å². The van der Waals surface area contributed by atoms with Crippen LogP contribution in [0.5, 0.6) is 0 Å². The third-order valence-electron chi connectivity index (χ3n) is 4.64. The van der Waals surface area contributed by atoms with Crippen molar-refractivity contribution in [1.82, 2.24) is 0 Å². The van der Waals surface area contributed by atoms with E-state index in [1.54, 1.807) is 18.2 Å². The number of benzene rings is 3. The van der Waals surface area contributed by atoms with Gasteiger partial charge in [0, 0.05) is 22.0 Å². The molecule has 3 aromatic carbocycles. The van der Waals surface area contributed by atoms with Crippen LogP contribution in [-0.2, 0) is 5.60 Å². The molecular weight excluding hydrogens is 332 g/mol. The van der Waals surface area contributed by atoms with E-state index in [-0.39, 0.29) is 0 Å². The lowest BCUT2D eigenvalue weighted by Gasteiger charge is -2.32. The summed E-state index contributed by atoms with van der Waals surface area (Å²) in [7, 11) is 0. The van der Waals surface area contributed by atoms with Crippen LogP contribution in [0.4, 0.5) is 11.4 Å². The molecule has 0 amide bonds. The van der Waals surface area contributed by atoms with Crippen molar-refractivity contribution in [3.63, 3.8) is 0 Å². The minimum Gasteiger partial charge on any atom is -0.399 e. The SMILES string of the molecule is Cc1cc(C(O)(c2ccc(N)c(C)c2)c2ccccc2Cl)ccc1N. The summed E-state index contributed by atoms with van der Waals surface area (Å²) in [6.07, 6.45) is 0. The first-order valence-corrected chi connectivity index (χ1v) is 8.42. The fraction of sp³-hybridized carbons (Fsp3) is 0.143. The average Bonchev–Trinajstić information content (AvgIpc) is 2.59. The van der Waals surface area contributed by atoms with E-state index in [9.17, 15) is 5.11 Å². The minimum atomic E-state index is -1.41. The van der Waals surface area contributed by atoms with E-state index in [2.05, 4.69) is 0 Å². The number of nitrogen functional groups attached to an aromatic ring is 2. The van der Waals surface area contributed by atoms with Crippen LogP contribution in [0.15, 0.2) is 60.7 Å². The monoisotopic (exact) mass is 352 g/mol. The Kier molecular flexibility index (Phi) is 4.46. The van der Waals surface area contributed by atoms with Crippen molar-refractivity contribution in [3.8, 4) is 0 Å². The molecule has 3 aromatic rings. The molecule has 4 heteroatoms. The van der Waals surface area contributed by atoms with E-state index >= 15 is 0 Å². The lowest BCUT2D eigenvalue weighted by molar-refractivity contribution is 0.125. The molecule has 3 nitrogen and oxygen atoms in total. The molecule has 0 saturated heterocycles. The summed E-state index contributed by atoms with van der Waals surface area (Å²) in [6.45, 7) is 3.83. The van der Waals surface area contributed by atoms with Gasteiger partial charge < -0.3 is 16.6 Å². The maximum atomic E-state index is 11.9. The maximum absolute atomic E-state index is 11.9. The fourth-order valence-corrected chi connectivity index (χ4v) is 3.31. The minimum absolute atomic E-state index is 0.494. The summed E-state index contributed by atoms with van der Waals surface area (Å²) < 4.78 is 0. The smallest absolute Gasteiger partial charge is 0.142 e. The quantitative estimate of drug-likeness (QED) is 0.483. The van der Waals surface area contributed by atoms with Gasteiger partial charge in [-0.25, -0.2) is 0 Å². The van der Waals surface area contributed by atoms with Crippen LogP contribution in [0.3, 0.4) is 0 Å². The largest absolute Gasteiger partial charge is 0.399 e. The normalized spacial score (nSPS) is 11.5. The Hall–Kier alpha value is -2.49. The van der Waals surface area contributed by atoms with Gasteiger partial charge >= 0.3 is 0 Å². The molecule has 0 spiro atoms. The summed E-state index contributed by atoms with van der Waals surface area (Å²) >= 11 is 6.44. The number of nitrogens with two attached hydrogens (primary N) is 2. The highest BCUT2D eigenvalue weighted by atomic mass is 35.5. The Balaban J connectivity index is 2.33. The van der Waals surface area contributed by atoms with Crippen molar-refractivity contribution in [3.05, 3.63) is 93.5 Å². The van der Waals surface area contributed by atoms with Crippen molar-refractivity contribution >= 4 is 23.0 Å². The molecule has 0 radical (unpaired) electrons. The summed E-state index contributed by atoms with van der Waals surface area (Å²) in [5.74, 6) is 0. The second-order valence-corrected chi connectivity index (χ2v) is 6.74. The molecule has 0 aliphatic rings. The molecule has 0 aromatic heterocycles.